The maximum absolute atomic E-state index is 14.8. The third kappa shape index (κ3) is 18.6. The third-order valence-electron chi connectivity index (χ3n) is 10.6. The summed E-state index contributed by atoms with van der Waals surface area (Å²) < 4.78 is 26.1. The zero-order valence-corrected chi connectivity index (χ0v) is 42.0. The van der Waals surface area contributed by atoms with E-state index in [4.69, 9.17) is 58.2 Å². The van der Waals surface area contributed by atoms with E-state index >= 15 is 0 Å². The molecule has 18 heteroatoms. The first-order valence-corrected chi connectivity index (χ1v) is 25.2. The summed E-state index contributed by atoms with van der Waals surface area (Å²) in [5.74, 6) is -2.74. The van der Waals surface area contributed by atoms with Gasteiger partial charge in [0.25, 0.3) is 11.8 Å². The molecular formula is C47H63Cl3N4O10Si. The van der Waals surface area contributed by atoms with Crippen LogP contribution in [0.2, 0.25) is 18.1 Å². The molecule has 4 atom stereocenters. The first kappa shape index (κ1) is 54.7. The molecule has 3 aromatic rings. The molecule has 4 amide bonds. The van der Waals surface area contributed by atoms with Crippen molar-refractivity contribution in [2.75, 3.05) is 27.6 Å². The second-order valence-electron chi connectivity index (χ2n) is 17.4. The smallest absolute Gasteiger partial charge is 0.408 e. The Morgan fingerprint density at radius 3 is 1.91 bits per heavy atom. The Morgan fingerprint density at radius 1 is 0.785 bits per heavy atom. The van der Waals surface area contributed by atoms with Crippen molar-refractivity contribution in [1.82, 2.24) is 20.9 Å². The van der Waals surface area contributed by atoms with E-state index in [0.717, 1.165) is 10.5 Å². The minimum atomic E-state index is -2.55. The number of nitrogens with one attached hydrogen (secondary N) is 3. The summed E-state index contributed by atoms with van der Waals surface area (Å²) in [5, 5.41) is 7.99. The van der Waals surface area contributed by atoms with E-state index in [0.29, 0.717) is 16.9 Å². The molecule has 0 saturated heterocycles. The second kappa shape index (κ2) is 25.3. The predicted molar refractivity (Wildman–Crippen MR) is 256 cm³/mol. The van der Waals surface area contributed by atoms with Crippen LogP contribution >= 0.6 is 34.8 Å². The SMILES string of the molecule is COCOc1ccc(/C=C(\C(=O)N[C@@H](CC(C)C)C(=O)N[C@H](Cc2ccccc2)C(=O)OCC(Cl)(Cl)Cl)N(C)C(=O)[C@@H](NC(=O)OCc2ccccc2)[C@@H](C)O[Si](C)(C)C(C)(C)C)cc1. The van der Waals surface area contributed by atoms with Gasteiger partial charge in [-0.1, -0.05) is 142 Å². The van der Waals surface area contributed by atoms with E-state index in [9.17, 15) is 24.0 Å². The summed E-state index contributed by atoms with van der Waals surface area (Å²) in [6, 6.07) is 20.8. The topological polar surface area (TPSA) is 171 Å². The van der Waals surface area contributed by atoms with Crippen LogP contribution in [0.25, 0.3) is 6.08 Å². The molecule has 0 heterocycles. The molecule has 0 aliphatic rings. The van der Waals surface area contributed by atoms with E-state index in [1.165, 1.54) is 20.2 Å². The molecule has 65 heavy (non-hydrogen) atoms. The number of benzene rings is 3. The van der Waals surface area contributed by atoms with E-state index in [2.05, 4.69) is 16.0 Å². The fourth-order valence-electron chi connectivity index (χ4n) is 6.07. The number of carbonyl (C=O) groups is 5. The molecule has 3 rings (SSSR count). The lowest BCUT2D eigenvalue weighted by molar-refractivity contribution is -0.148. The van der Waals surface area contributed by atoms with Crippen LogP contribution in [0.3, 0.4) is 0 Å². The minimum absolute atomic E-state index is 0.00746. The number of carbonyl (C=O) groups excluding carboxylic acids is 5. The summed E-state index contributed by atoms with van der Waals surface area (Å²) in [6.07, 6.45) is -0.145. The van der Waals surface area contributed by atoms with Gasteiger partial charge in [-0.15, -0.1) is 0 Å². The number of rotatable bonds is 22. The van der Waals surface area contributed by atoms with Crippen molar-refractivity contribution in [3.63, 3.8) is 0 Å². The van der Waals surface area contributed by atoms with Gasteiger partial charge in [0.2, 0.25) is 9.70 Å². The fourth-order valence-corrected chi connectivity index (χ4v) is 7.66. The van der Waals surface area contributed by atoms with Gasteiger partial charge in [-0.2, -0.15) is 0 Å². The minimum Gasteiger partial charge on any atom is -0.468 e. The summed E-state index contributed by atoms with van der Waals surface area (Å²) >= 11 is 17.6. The van der Waals surface area contributed by atoms with Crippen LogP contribution in [0.1, 0.15) is 64.7 Å². The molecule has 0 saturated carbocycles. The van der Waals surface area contributed by atoms with Gasteiger partial charge in [-0.3, -0.25) is 14.4 Å². The van der Waals surface area contributed by atoms with Crippen LogP contribution < -0.4 is 20.7 Å². The lowest BCUT2D eigenvalue weighted by atomic mass is 10.0. The standard InChI is InChI=1S/C47H63Cl3N4O10Si/c1-31(2)25-37(41(55)52-38(26-33-17-13-11-14-18-33)44(58)62-29-47(48,49)50)51-42(56)39(27-34-21-23-36(24-22-34)63-30-60-8)54(7)43(57)40(32(3)64-65(9,10)46(4,5)6)53-45(59)61-28-35-19-15-12-16-20-35/h11-24,27,31-32,37-38,40H,25-26,28-30H2,1-10H3,(H,51,56)(H,52,55)(H,53,59)/b39-27+/t32-,37+,38-,40+/m1/s1. The Balaban J connectivity index is 2.06. The van der Waals surface area contributed by atoms with E-state index < -0.39 is 72.7 Å². The Morgan fingerprint density at radius 2 is 1.37 bits per heavy atom. The van der Waals surface area contributed by atoms with Gasteiger partial charge in [-0.25, -0.2) is 9.59 Å². The zero-order chi connectivity index (χ0) is 48.5. The van der Waals surface area contributed by atoms with Crippen molar-refractivity contribution in [3.8, 4) is 5.75 Å². The molecule has 0 unspecified atom stereocenters. The molecule has 0 bridgehead atoms. The van der Waals surface area contributed by atoms with E-state index in [1.807, 2.05) is 65.9 Å². The Bertz CT molecular complexity index is 2050. The number of hydrogen-bond donors (Lipinski definition) is 3. The van der Waals surface area contributed by atoms with Crippen molar-refractivity contribution in [2.45, 2.75) is 107 Å². The highest BCUT2D eigenvalue weighted by atomic mass is 35.6. The fraction of sp³-hybridized carbons (Fsp3) is 0.468. The molecule has 3 N–H and O–H groups in total. The van der Waals surface area contributed by atoms with Gasteiger partial charge in [0.15, 0.2) is 15.1 Å². The van der Waals surface area contributed by atoms with Crippen LogP contribution in [0.15, 0.2) is 90.6 Å². The van der Waals surface area contributed by atoms with Crippen LogP contribution in [0, 0.1) is 5.92 Å². The van der Waals surface area contributed by atoms with Gasteiger partial charge in [-0.05, 0) is 72.3 Å². The van der Waals surface area contributed by atoms with Gasteiger partial charge in [0.1, 0.15) is 42.8 Å². The van der Waals surface area contributed by atoms with Gasteiger partial charge in [0, 0.05) is 20.6 Å². The van der Waals surface area contributed by atoms with Gasteiger partial charge < -0.3 is 44.2 Å². The van der Waals surface area contributed by atoms with Crippen molar-refractivity contribution in [3.05, 3.63) is 107 Å². The summed E-state index contributed by atoms with van der Waals surface area (Å²) in [7, 11) is 0.338. The van der Waals surface area contributed by atoms with Gasteiger partial charge in [0.05, 0.1) is 6.10 Å². The molecule has 0 aromatic heterocycles. The van der Waals surface area contributed by atoms with Crippen LogP contribution in [-0.4, -0.2) is 98.6 Å². The highest BCUT2D eigenvalue weighted by molar-refractivity contribution is 6.74. The maximum Gasteiger partial charge on any atom is 0.408 e. The summed E-state index contributed by atoms with van der Waals surface area (Å²) in [6.45, 7) is 15.0. The highest BCUT2D eigenvalue weighted by Crippen LogP contribution is 2.38. The van der Waals surface area contributed by atoms with Crippen LogP contribution in [-0.2, 0) is 50.8 Å². The van der Waals surface area contributed by atoms with Crippen molar-refractivity contribution < 1.29 is 47.3 Å². The molecule has 0 aliphatic heterocycles. The van der Waals surface area contributed by atoms with E-state index in [-0.39, 0.29) is 42.9 Å². The first-order chi connectivity index (χ1) is 30.4. The normalized spacial score (nSPS) is 14.0. The summed E-state index contributed by atoms with van der Waals surface area (Å²) in [5.41, 5.74) is 1.74. The number of likely N-dealkylation sites (N-methyl/N-ethyl adjacent to an activating group) is 1. The van der Waals surface area contributed by atoms with Crippen molar-refractivity contribution >= 4 is 79.0 Å². The number of hydrogen-bond acceptors (Lipinski definition) is 10. The maximum atomic E-state index is 14.8. The number of halogens is 3. The average Bonchev–Trinajstić information content (AvgIpc) is 3.24. The monoisotopic (exact) mass is 976 g/mol. The third-order valence-corrected chi connectivity index (χ3v) is 15.5. The zero-order valence-electron chi connectivity index (χ0n) is 38.7. The molecule has 0 spiro atoms. The molecule has 0 aliphatic carbocycles. The molecule has 3 aromatic carbocycles. The molecule has 14 nitrogen and oxygen atoms in total. The van der Waals surface area contributed by atoms with E-state index in [1.54, 1.807) is 73.7 Å². The quantitative estimate of drug-likeness (QED) is 0.0292. The number of esters is 1. The van der Waals surface area contributed by atoms with Crippen molar-refractivity contribution in [1.29, 1.82) is 0 Å². The largest absolute Gasteiger partial charge is 0.468 e. The highest BCUT2D eigenvalue weighted by Gasteiger charge is 2.43. The van der Waals surface area contributed by atoms with Gasteiger partial charge >= 0.3 is 12.1 Å². The van der Waals surface area contributed by atoms with Crippen molar-refractivity contribution in [2.24, 2.45) is 5.92 Å². The molecule has 0 fully saturated rings. The number of alkyl carbamates (subject to hydrolysis) is 1. The summed E-state index contributed by atoms with van der Waals surface area (Å²) in [4.78, 5) is 71.7. The molecule has 0 radical (unpaired) electrons. The first-order valence-electron chi connectivity index (χ1n) is 21.2. The predicted octanol–water partition coefficient (Wildman–Crippen LogP) is 8.35. The molecule has 356 valence electrons. The van der Waals surface area contributed by atoms with Crippen LogP contribution in [0.5, 0.6) is 5.75 Å². The number of amides is 4. The second-order valence-corrected chi connectivity index (χ2v) is 24.7. The number of alkyl halides is 3. The molecular weight excluding hydrogens is 915 g/mol. The average molecular weight is 978 g/mol. The Kier molecular flexibility index (Phi) is 21.3. The lowest BCUT2D eigenvalue weighted by Crippen LogP contribution is -2.58. The lowest BCUT2D eigenvalue weighted by Gasteiger charge is -2.40. The Labute approximate surface area is 399 Å². The number of nitrogens with zero attached hydrogens (tertiary/aromatic N) is 1. The Hall–Kier alpha value is -4.64. The number of ether oxygens (including phenoxy) is 4. The van der Waals surface area contributed by atoms with Crippen LogP contribution in [0.4, 0.5) is 4.79 Å². The number of methoxy groups -OCH3 is 1.